The molecule has 0 bridgehead atoms. The van der Waals surface area contributed by atoms with Crippen LogP contribution in [0.4, 0.5) is 17.6 Å². The summed E-state index contributed by atoms with van der Waals surface area (Å²) in [6.45, 7) is 0. The molecule has 0 aliphatic heterocycles. The highest BCUT2D eigenvalue weighted by Crippen LogP contribution is 2.31. The van der Waals surface area contributed by atoms with E-state index in [1.807, 2.05) is 0 Å². The molecular formula is C18H8F4. The van der Waals surface area contributed by atoms with Gasteiger partial charge in [0, 0.05) is 11.1 Å². The van der Waals surface area contributed by atoms with Gasteiger partial charge in [-0.3, -0.25) is 0 Å². The fourth-order valence-electron chi connectivity index (χ4n) is 2.24. The van der Waals surface area contributed by atoms with Crippen LogP contribution in [0, 0.1) is 35.4 Å². The van der Waals surface area contributed by atoms with Crippen molar-refractivity contribution in [3.05, 3.63) is 83.9 Å². The number of hydrogen-bond acceptors (Lipinski definition) is 0. The van der Waals surface area contributed by atoms with Gasteiger partial charge in [-0.2, -0.15) is 0 Å². The van der Waals surface area contributed by atoms with E-state index in [9.17, 15) is 17.6 Å². The molecule has 22 heavy (non-hydrogen) atoms. The van der Waals surface area contributed by atoms with Gasteiger partial charge < -0.3 is 0 Å². The Morgan fingerprint density at radius 2 is 1.27 bits per heavy atom. The molecule has 0 spiro atoms. The predicted molar refractivity (Wildman–Crippen MR) is 74.8 cm³/mol. The van der Waals surface area contributed by atoms with Gasteiger partial charge in [0.25, 0.3) is 0 Å². The summed E-state index contributed by atoms with van der Waals surface area (Å²) in [5, 5.41) is 0. The topological polar surface area (TPSA) is 0 Å². The van der Waals surface area contributed by atoms with Gasteiger partial charge >= 0.3 is 0 Å². The number of hydrogen-bond donors (Lipinski definition) is 0. The highest BCUT2D eigenvalue weighted by molar-refractivity contribution is 5.71. The molecule has 2 radical (unpaired) electrons. The first-order valence-electron chi connectivity index (χ1n) is 6.39. The lowest BCUT2D eigenvalue weighted by Gasteiger charge is -2.09. The van der Waals surface area contributed by atoms with E-state index in [1.54, 1.807) is 0 Å². The van der Waals surface area contributed by atoms with E-state index >= 15 is 0 Å². The number of rotatable bonds is 2. The van der Waals surface area contributed by atoms with E-state index < -0.39 is 23.3 Å². The van der Waals surface area contributed by atoms with Gasteiger partial charge in [0.15, 0.2) is 0 Å². The summed E-state index contributed by atoms with van der Waals surface area (Å²) in [6.07, 6.45) is 0. The first kappa shape index (κ1) is 14.3. The molecule has 3 aromatic carbocycles. The van der Waals surface area contributed by atoms with Crippen LogP contribution in [-0.2, 0) is 0 Å². The minimum atomic E-state index is -0.840. The third-order valence-electron chi connectivity index (χ3n) is 3.26. The normalized spacial score (nSPS) is 10.7. The van der Waals surface area contributed by atoms with E-state index in [-0.39, 0.29) is 22.3 Å². The molecule has 0 aliphatic rings. The molecule has 0 fully saturated rings. The van der Waals surface area contributed by atoms with Gasteiger partial charge in [-0.1, -0.05) is 24.3 Å². The molecule has 0 saturated carbocycles. The monoisotopic (exact) mass is 300 g/mol. The third kappa shape index (κ3) is 2.48. The van der Waals surface area contributed by atoms with Crippen LogP contribution in [0.1, 0.15) is 0 Å². The largest absolute Gasteiger partial charge is 0.206 e. The lowest BCUT2D eigenvalue weighted by molar-refractivity contribution is 0.588. The lowest BCUT2D eigenvalue weighted by atomic mass is 9.98. The van der Waals surface area contributed by atoms with Crippen LogP contribution in [0.3, 0.4) is 0 Å². The van der Waals surface area contributed by atoms with E-state index in [2.05, 4.69) is 12.1 Å². The summed E-state index contributed by atoms with van der Waals surface area (Å²) in [6, 6.07) is 14.3. The second kappa shape index (κ2) is 5.64. The van der Waals surface area contributed by atoms with Crippen molar-refractivity contribution in [2.75, 3.05) is 0 Å². The Bertz CT molecular complexity index is 820. The SMILES string of the molecule is Fc1c[c]ccc1-c1ccc(-c2c(F)c[c]cc2F)cc1F. The number of benzene rings is 3. The second-order valence-corrected chi connectivity index (χ2v) is 4.63. The average molecular weight is 300 g/mol. The molecule has 0 unspecified atom stereocenters. The van der Waals surface area contributed by atoms with E-state index in [1.165, 1.54) is 24.3 Å². The minimum absolute atomic E-state index is 0.0126. The van der Waals surface area contributed by atoms with Crippen molar-refractivity contribution in [1.29, 1.82) is 0 Å². The summed E-state index contributed by atoms with van der Waals surface area (Å²) in [5.74, 6) is -3.07. The molecule has 0 nitrogen and oxygen atoms in total. The molecule has 0 atom stereocenters. The summed E-state index contributed by atoms with van der Waals surface area (Å²) in [4.78, 5) is 0. The highest BCUT2D eigenvalue weighted by atomic mass is 19.1. The van der Waals surface area contributed by atoms with Gasteiger partial charge in [-0.25, -0.2) is 17.6 Å². The van der Waals surface area contributed by atoms with Crippen molar-refractivity contribution in [3.63, 3.8) is 0 Å². The molecule has 0 heterocycles. The maximum atomic E-state index is 14.2. The molecular weight excluding hydrogens is 292 g/mol. The summed E-state index contributed by atoms with van der Waals surface area (Å²) in [7, 11) is 0. The van der Waals surface area contributed by atoms with Crippen LogP contribution in [-0.4, -0.2) is 0 Å². The van der Waals surface area contributed by atoms with Crippen molar-refractivity contribution in [2.24, 2.45) is 0 Å². The van der Waals surface area contributed by atoms with Crippen molar-refractivity contribution in [3.8, 4) is 22.3 Å². The summed E-state index contributed by atoms with van der Waals surface area (Å²) < 4.78 is 55.3. The van der Waals surface area contributed by atoms with Gasteiger partial charge in [-0.15, -0.1) is 0 Å². The average Bonchev–Trinajstić information content (AvgIpc) is 2.48. The zero-order valence-electron chi connectivity index (χ0n) is 11.1. The standard InChI is InChI=1S/C18H8F4/c19-14-5-2-1-4-12(14)13-9-8-11(10-17(13)22)18-15(20)6-3-7-16(18)21/h1,4-10H. The lowest BCUT2D eigenvalue weighted by Crippen LogP contribution is -1.93. The first-order valence-corrected chi connectivity index (χ1v) is 6.39. The molecule has 0 N–H and O–H groups in total. The Hall–Kier alpha value is -2.62. The number of halogens is 4. The summed E-state index contributed by atoms with van der Waals surface area (Å²) in [5.41, 5.74) is -0.233. The van der Waals surface area contributed by atoms with Crippen molar-refractivity contribution in [2.45, 2.75) is 0 Å². The second-order valence-electron chi connectivity index (χ2n) is 4.63. The Kier molecular flexibility index (Phi) is 3.67. The predicted octanol–water partition coefficient (Wildman–Crippen LogP) is 5.18. The molecule has 0 aromatic heterocycles. The maximum absolute atomic E-state index is 14.2. The van der Waals surface area contributed by atoms with Crippen LogP contribution >= 0.6 is 0 Å². The van der Waals surface area contributed by atoms with E-state index in [0.717, 1.165) is 24.3 Å². The molecule has 108 valence electrons. The fraction of sp³-hybridized carbons (Fsp3) is 0. The van der Waals surface area contributed by atoms with Crippen LogP contribution < -0.4 is 0 Å². The molecule has 3 rings (SSSR count). The molecule has 0 saturated heterocycles. The molecule has 4 heteroatoms. The Morgan fingerprint density at radius 3 is 1.91 bits per heavy atom. The van der Waals surface area contributed by atoms with Gasteiger partial charge in [-0.05, 0) is 42.0 Å². The fourth-order valence-corrected chi connectivity index (χ4v) is 2.24. The molecule has 0 amide bonds. The third-order valence-corrected chi connectivity index (χ3v) is 3.26. The van der Waals surface area contributed by atoms with Gasteiger partial charge in [0.1, 0.15) is 23.3 Å². The minimum Gasteiger partial charge on any atom is -0.206 e. The molecule has 3 aromatic rings. The smallest absolute Gasteiger partial charge is 0.134 e. The Balaban J connectivity index is 2.13. The Labute approximate surface area is 124 Å². The summed E-state index contributed by atoms with van der Waals surface area (Å²) >= 11 is 0. The van der Waals surface area contributed by atoms with Crippen LogP contribution in [0.25, 0.3) is 22.3 Å². The van der Waals surface area contributed by atoms with Gasteiger partial charge in [0.2, 0.25) is 0 Å². The van der Waals surface area contributed by atoms with E-state index in [4.69, 9.17) is 0 Å². The van der Waals surface area contributed by atoms with Crippen LogP contribution in [0.5, 0.6) is 0 Å². The van der Waals surface area contributed by atoms with Crippen LogP contribution in [0.2, 0.25) is 0 Å². The zero-order chi connectivity index (χ0) is 15.7. The van der Waals surface area contributed by atoms with Crippen molar-refractivity contribution >= 4 is 0 Å². The van der Waals surface area contributed by atoms with Gasteiger partial charge in [0.05, 0.1) is 5.56 Å². The Morgan fingerprint density at radius 1 is 0.636 bits per heavy atom. The van der Waals surface area contributed by atoms with Crippen LogP contribution in [0.15, 0.2) is 48.5 Å². The molecule has 0 aliphatic carbocycles. The van der Waals surface area contributed by atoms with Crippen molar-refractivity contribution in [1.82, 2.24) is 0 Å². The van der Waals surface area contributed by atoms with Crippen molar-refractivity contribution < 1.29 is 17.6 Å². The quantitative estimate of drug-likeness (QED) is 0.572. The maximum Gasteiger partial charge on any atom is 0.134 e. The zero-order valence-corrected chi connectivity index (χ0v) is 11.1. The highest BCUT2D eigenvalue weighted by Gasteiger charge is 2.15. The van der Waals surface area contributed by atoms with E-state index in [0.29, 0.717) is 0 Å². The first-order chi connectivity index (χ1) is 10.6.